The minimum absolute atomic E-state index is 0.0458. The van der Waals surface area contributed by atoms with Gasteiger partial charge in [0.05, 0.1) is 24.5 Å². The third-order valence-electron chi connectivity index (χ3n) is 4.59. The van der Waals surface area contributed by atoms with Gasteiger partial charge in [-0.3, -0.25) is 0 Å². The number of esters is 1. The molecule has 0 aromatic carbocycles. The second-order valence-electron chi connectivity index (χ2n) is 8.37. The summed E-state index contributed by atoms with van der Waals surface area (Å²) in [7, 11) is 0. The van der Waals surface area contributed by atoms with Gasteiger partial charge >= 0.3 is 12.1 Å². The summed E-state index contributed by atoms with van der Waals surface area (Å²) in [6, 6.07) is 1.73. The van der Waals surface area contributed by atoms with E-state index in [9.17, 15) is 9.59 Å². The molecule has 3 N–H and O–H groups in total. The van der Waals surface area contributed by atoms with Gasteiger partial charge in [0.2, 0.25) is 5.95 Å². The molecule has 11 heteroatoms. The van der Waals surface area contributed by atoms with E-state index >= 15 is 0 Å². The van der Waals surface area contributed by atoms with Crippen LogP contribution in [0.25, 0.3) is 11.9 Å². The van der Waals surface area contributed by atoms with Crippen molar-refractivity contribution >= 4 is 29.9 Å². The number of carbonyl (C=O) groups excluding carboxylic acids is 2. The zero-order valence-corrected chi connectivity index (χ0v) is 19.0. The number of nitrogens with zero attached hydrogens (tertiary/aromatic N) is 5. The van der Waals surface area contributed by atoms with Gasteiger partial charge in [-0.2, -0.15) is 15.1 Å². The maximum absolute atomic E-state index is 11.9. The number of nitrogens with one attached hydrogen (secondary N) is 1. The monoisotopic (exact) mass is 443 g/mol. The van der Waals surface area contributed by atoms with Crippen molar-refractivity contribution in [2.75, 3.05) is 30.3 Å². The van der Waals surface area contributed by atoms with Crippen LogP contribution in [0.1, 0.15) is 39.0 Å². The first-order chi connectivity index (χ1) is 15.1. The van der Waals surface area contributed by atoms with Gasteiger partial charge in [-0.05, 0) is 40.7 Å². The van der Waals surface area contributed by atoms with E-state index in [1.54, 1.807) is 29.9 Å². The number of alkyl carbamates (subject to hydrolysis) is 1. The van der Waals surface area contributed by atoms with E-state index in [0.717, 1.165) is 11.3 Å². The molecule has 0 aliphatic carbocycles. The highest BCUT2D eigenvalue weighted by Gasteiger charge is 2.31. The summed E-state index contributed by atoms with van der Waals surface area (Å²) in [5.41, 5.74) is 6.92. The average Bonchev–Trinajstić information content (AvgIpc) is 3.01. The van der Waals surface area contributed by atoms with Crippen LogP contribution < -0.4 is 16.0 Å². The first-order valence-corrected chi connectivity index (χ1v) is 10.3. The molecule has 1 saturated heterocycles. The van der Waals surface area contributed by atoms with E-state index in [-0.39, 0.29) is 12.0 Å². The van der Waals surface area contributed by atoms with E-state index < -0.39 is 17.7 Å². The summed E-state index contributed by atoms with van der Waals surface area (Å²) in [4.78, 5) is 34.0. The summed E-state index contributed by atoms with van der Waals surface area (Å²) in [6.45, 7) is 10.5. The quantitative estimate of drug-likeness (QED) is 0.506. The molecule has 0 atom stereocenters. The van der Waals surface area contributed by atoms with Crippen molar-refractivity contribution in [1.29, 1.82) is 0 Å². The molecule has 2 aromatic heterocycles. The average molecular weight is 444 g/mol. The van der Waals surface area contributed by atoms with Crippen molar-refractivity contribution in [3.8, 4) is 5.82 Å². The van der Waals surface area contributed by atoms with Crippen molar-refractivity contribution in [2.45, 2.75) is 46.3 Å². The summed E-state index contributed by atoms with van der Waals surface area (Å²) in [6.07, 6.45) is 4.19. The molecule has 0 unspecified atom stereocenters. The molecule has 3 heterocycles. The van der Waals surface area contributed by atoms with Gasteiger partial charge in [0.25, 0.3) is 0 Å². The molecule has 1 aliphatic rings. The Balaban J connectivity index is 1.69. The summed E-state index contributed by atoms with van der Waals surface area (Å²) in [5, 5.41) is 7.20. The molecule has 0 bridgehead atoms. The van der Waals surface area contributed by atoms with Gasteiger partial charge in [-0.1, -0.05) is 0 Å². The zero-order chi connectivity index (χ0) is 23.5. The minimum Gasteiger partial charge on any atom is -0.463 e. The second kappa shape index (κ2) is 9.25. The van der Waals surface area contributed by atoms with E-state index in [1.807, 2.05) is 32.6 Å². The van der Waals surface area contributed by atoms with Crippen LogP contribution in [-0.4, -0.2) is 63.2 Å². The van der Waals surface area contributed by atoms with Gasteiger partial charge in [-0.25, -0.2) is 14.3 Å². The van der Waals surface area contributed by atoms with Crippen LogP contribution in [0.4, 0.5) is 16.6 Å². The second-order valence-corrected chi connectivity index (χ2v) is 8.37. The Labute approximate surface area is 186 Å². The van der Waals surface area contributed by atoms with Gasteiger partial charge in [0.15, 0.2) is 5.82 Å². The lowest BCUT2D eigenvalue weighted by Gasteiger charge is -2.40. The van der Waals surface area contributed by atoms with Crippen molar-refractivity contribution in [1.82, 2.24) is 25.1 Å². The van der Waals surface area contributed by atoms with Gasteiger partial charge in [-0.15, -0.1) is 0 Å². The molecule has 11 nitrogen and oxygen atoms in total. The number of ether oxygens (including phenoxy) is 2. The Morgan fingerprint density at radius 1 is 1.28 bits per heavy atom. The molecule has 1 fully saturated rings. The van der Waals surface area contributed by atoms with Crippen LogP contribution in [0.2, 0.25) is 0 Å². The lowest BCUT2D eigenvalue weighted by Crippen LogP contribution is -2.60. The first-order valence-electron chi connectivity index (χ1n) is 10.3. The Bertz CT molecular complexity index is 1020. The van der Waals surface area contributed by atoms with Crippen LogP contribution in [0.5, 0.6) is 0 Å². The Morgan fingerprint density at radius 3 is 2.62 bits per heavy atom. The van der Waals surface area contributed by atoms with Crippen LogP contribution in [0.3, 0.4) is 0 Å². The van der Waals surface area contributed by atoms with E-state index in [2.05, 4.69) is 20.4 Å². The van der Waals surface area contributed by atoms with Gasteiger partial charge in [0.1, 0.15) is 11.4 Å². The Kier molecular flexibility index (Phi) is 6.66. The molecule has 1 amide bonds. The number of nitrogen functional groups attached to an aromatic ring is 1. The molecule has 0 saturated carbocycles. The minimum atomic E-state index is -0.546. The number of hydrogen-bond donors (Lipinski definition) is 2. The molecular weight excluding hydrogens is 414 g/mol. The molecule has 2 aromatic rings. The number of aromatic nitrogens is 4. The predicted octanol–water partition coefficient (Wildman–Crippen LogP) is 1.84. The molecule has 0 radical (unpaired) electrons. The molecule has 1 aliphatic heterocycles. The largest absolute Gasteiger partial charge is 0.463 e. The predicted molar refractivity (Wildman–Crippen MR) is 119 cm³/mol. The maximum atomic E-state index is 11.9. The summed E-state index contributed by atoms with van der Waals surface area (Å²) >= 11 is 0. The fourth-order valence-electron chi connectivity index (χ4n) is 3.11. The van der Waals surface area contributed by atoms with E-state index in [0.29, 0.717) is 31.3 Å². The van der Waals surface area contributed by atoms with Crippen LogP contribution in [-0.2, 0) is 14.3 Å². The number of nitrogens with two attached hydrogens (primary N) is 1. The zero-order valence-electron chi connectivity index (χ0n) is 19.0. The topological polar surface area (TPSA) is 137 Å². The van der Waals surface area contributed by atoms with Crippen LogP contribution in [0, 0.1) is 6.92 Å². The van der Waals surface area contributed by atoms with Crippen molar-refractivity contribution < 1.29 is 19.1 Å². The fourth-order valence-corrected chi connectivity index (χ4v) is 3.11. The molecule has 0 spiro atoms. The molecule has 172 valence electrons. The number of rotatable bonds is 6. The number of amides is 1. The summed E-state index contributed by atoms with van der Waals surface area (Å²) in [5.74, 6) is 0.831. The van der Waals surface area contributed by atoms with Crippen molar-refractivity contribution in [3.63, 3.8) is 0 Å². The van der Waals surface area contributed by atoms with Crippen molar-refractivity contribution in [3.05, 3.63) is 29.6 Å². The molecule has 32 heavy (non-hydrogen) atoms. The SMILES string of the molecule is CCOC(=O)/C=C/c1cnn(-c2cc(N3CC(NC(=O)OC(C)(C)C)C3)nc(N)n2)c1C. The summed E-state index contributed by atoms with van der Waals surface area (Å²) < 4.78 is 11.8. The smallest absolute Gasteiger partial charge is 0.407 e. The highest BCUT2D eigenvalue weighted by molar-refractivity contribution is 5.87. The third-order valence-corrected chi connectivity index (χ3v) is 4.59. The first kappa shape index (κ1) is 23.0. The standard InChI is InChI=1S/C21H29N7O4/c1-6-31-18(29)8-7-14-10-23-28(13(14)2)17-9-16(25-19(22)26-17)27-11-15(12-27)24-20(30)32-21(3,4)5/h7-10,15H,6,11-12H2,1-5H3,(H,24,30)(H2,22,25,26)/b8-7+. The number of hydrogen-bond acceptors (Lipinski definition) is 9. The number of carbonyl (C=O) groups is 2. The Hall–Kier alpha value is -3.63. The van der Waals surface area contributed by atoms with E-state index in [4.69, 9.17) is 15.2 Å². The molecule has 3 rings (SSSR count). The normalized spacial score (nSPS) is 14.3. The van der Waals surface area contributed by atoms with Gasteiger partial charge < -0.3 is 25.4 Å². The van der Waals surface area contributed by atoms with Crippen LogP contribution in [0.15, 0.2) is 18.3 Å². The maximum Gasteiger partial charge on any atom is 0.407 e. The highest BCUT2D eigenvalue weighted by atomic mass is 16.6. The lowest BCUT2D eigenvalue weighted by molar-refractivity contribution is -0.137. The number of anilines is 2. The Morgan fingerprint density at radius 2 is 1.97 bits per heavy atom. The van der Waals surface area contributed by atoms with Gasteiger partial charge in [0, 0.05) is 30.8 Å². The fraction of sp³-hybridized carbons (Fsp3) is 0.476. The highest BCUT2D eigenvalue weighted by Crippen LogP contribution is 2.23. The molecular formula is C21H29N7O4. The third kappa shape index (κ3) is 5.74. The lowest BCUT2D eigenvalue weighted by atomic mass is 10.1. The van der Waals surface area contributed by atoms with Crippen molar-refractivity contribution in [2.24, 2.45) is 0 Å². The van der Waals surface area contributed by atoms with E-state index in [1.165, 1.54) is 6.08 Å². The van der Waals surface area contributed by atoms with Crippen LogP contribution >= 0.6 is 0 Å².